The van der Waals surface area contributed by atoms with E-state index in [4.69, 9.17) is 4.74 Å². The quantitative estimate of drug-likeness (QED) is 0.660. The molecule has 0 radical (unpaired) electrons. The third-order valence-corrected chi connectivity index (χ3v) is 3.41. The molecule has 0 aliphatic carbocycles. The predicted octanol–water partition coefficient (Wildman–Crippen LogP) is 0.964. The Balaban J connectivity index is 2.14. The summed E-state index contributed by atoms with van der Waals surface area (Å²) in [6.45, 7) is 4.29. The van der Waals surface area contributed by atoms with Crippen LogP contribution in [0.2, 0.25) is 0 Å². The summed E-state index contributed by atoms with van der Waals surface area (Å²) >= 11 is 0. The third-order valence-electron chi connectivity index (χ3n) is 3.41. The van der Waals surface area contributed by atoms with Crippen molar-refractivity contribution in [1.82, 2.24) is 10.2 Å². The van der Waals surface area contributed by atoms with E-state index in [0.717, 1.165) is 12.1 Å². The first-order valence-electron chi connectivity index (χ1n) is 6.82. The first-order valence-corrected chi connectivity index (χ1v) is 6.82. The minimum absolute atomic E-state index is 0.0865. The SMILES string of the molecule is Cc1ccc([N+](=O)[O-])c(C(=O)N(C)CC2CNCCO2)c1. The molecule has 1 aliphatic rings. The number of rotatable bonds is 4. The lowest BCUT2D eigenvalue weighted by Gasteiger charge is -2.28. The number of hydrogen-bond acceptors (Lipinski definition) is 5. The number of hydrogen-bond donors (Lipinski definition) is 1. The van der Waals surface area contributed by atoms with Gasteiger partial charge in [0, 0.05) is 32.7 Å². The van der Waals surface area contributed by atoms with Crippen molar-refractivity contribution < 1.29 is 14.5 Å². The van der Waals surface area contributed by atoms with Gasteiger partial charge >= 0.3 is 0 Å². The first-order chi connectivity index (χ1) is 9.99. The molecule has 1 heterocycles. The van der Waals surface area contributed by atoms with Gasteiger partial charge in [0.15, 0.2) is 0 Å². The number of ether oxygens (including phenoxy) is 1. The highest BCUT2D eigenvalue weighted by Gasteiger charge is 2.25. The number of nitro benzene ring substituents is 1. The second-order valence-corrected chi connectivity index (χ2v) is 5.16. The van der Waals surface area contributed by atoms with E-state index >= 15 is 0 Å². The molecule has 1 amide bonds. The van der Waals surface area contributed by atoms with Gasteiger partial charge in [-0.1, -0.05) is 6.07 Å². The molecule has 1 unspecified atom stereocenters. The van der Waals surface area contributed by atoms with Crippen molar-refractivity contribution >= 4 is 11.6 Å². The fourth-order valence-electron chi connectivity index (χ4n) is 2.31. The molecule has 1 fully saturated rings. The molecular formula is C14H19N3O4. The molecule has 21 heavy (non-hydrogen) atoms. The maximum atomic E-state index is 12.4. The monoisotopic (exact) mass is 293 g/mol. The molecule has 1 N–H and O–H groups in total. The van der Waals surface area contributed by atoms with Crippen molar-refractivity contribution in [3.63, 3.8) is 0 Å². The van der Waals surface area contributed by atoms with Crippen molar-refractivity contribution in [2.75, 3.05) is 33.3 Å². The van der Waals surface area contributed by atoms with Crippen LogP contribution in [0, 0.1) is 17.0 Å². The molecule has 1 aromatic rings. The highest BCUT2D eigenvalue weighted by atomic mass is 16.6. The fraction of sp³-hybridized carbons (Fsp3) is 0.500. The number of nitrogens with one attached hydrogen (secondary N) is 1. The van der Waals surface area contributed by atoms with Gasteiger partial charge in [-0.2, -0.15) is 0 Å². The highest BCUT2D eigenvalue weighted by molar-refractivity contribution is 5.98. The summed E-state index contributed by atoms with van der Waals surface area (Å²) in [7, 11) is 1.63. The van der Waals surface area contributed by atoms with Crippen molar-refractivity contribution in [3.8, 4) is 0 Å². The lowest BCUT2D eigenvalue weighted by molar-refractivity contribution is -0.385. The molecule has 0 spiro atoms. The van der Waals surface area contributed by atoms with Gasteiger partial charge in [0.1, 0.15) is 5.56 Å². The van der Waals surface area contributed by atoms with Crippen LogP contribution in [-0.4, -0.2) is 55.1 Å². The molecule has 2 rings (SSSR count). The Morgan fingerprint density at radius 2 is 2.33 bits per heavy atom. The smallest absolute Gasteiger partial charge is 0.282 e. The number of nitro groups is 1. The Hall–Kier alpha value is -1.99. The minimum atomic E-state index is -0.529. The van der Waals surface area contributed by atoms with Gasteiger partial charge < -0.3 is 15.0 Å². The molecule has 1 aliphatic heterocycles. The van der Waals surface area contributed by atoms with Gasteiger partial charge in [-0.05, 0) is 18.6 Å². The van der Waals surface area contributed by atoms with Crippen LogP contribution in [0.25, 0.3) is 0 Å². The van der Waals surface area contributed by atoms with E-state index in [0.29, 0.717) is 19.7 Å². The Morgan fingerprint density at radius 1 is 1.57 bits per heavy atom. The van der Waals surface area contributed by atoms with Crippen LogP contribution in [0.5, 0.6) is 0 Å². The second kappa shape index (κ2) is 6.64. The average Bonchev–Trinajstić information content (AvgIpc) is 2.47. The third kappa shape index (κ3) is 3.77. The van der Waals surface area contributed by atoms with E-state index < -0.39 is 4.92 Å². The summed E-state index contributed by atoms with van der Waals surface area (Å²) < 4.78 is 5.55. The number of aryl methyl sites for hydroxylation is 1. The number of benzene rings is 1. The number of carbonyl (C=O) groups is 1. The van der Waals surface area contributed by atoms with Crippen molar-refractivity contribution in [2.24, 2.45) is 0 Å². The van der Waals surface area contributed by atoms with Crippen LogP contribution in [0.15, 0.2) is 18.2 Å². The maximum Gasteiger partial charge on any atom is 0.282 e. The number of nitrogens with zero attached hydrogens (tertiary/aromatic N) is 2. The van der Waals surface area contributed by atoms with Crippen LogP contribution in [-0.2, 0) is 4.74 Å². The summed E-state index contributed by atoms with van der Waals surface area (Å²) in [5, 5.41) is 14.2. The van der Waals surface area contributed by atoms with Crippen LogP contribution in [0.3, 0.4) is 0 Å². The van der Waals surface area contributed by atoms with E-state index in [1.54, 1.807) is 26.1 Å². The highest BCUT2D eigenvalue weighted by Crippen LogP contribution is 2.21. The van der Waals surface area contributed by atoms with Gasteiger partial charge in [0.25, 0.3) is 11.6 Å². The minimum Gasteiger partial charge on any atom is -0.374 e. The topological polar surface area (TPSA) is 84.7 Å². The molecule has 0 aromatic heterocycles. The zero-order valence-electron chi connectivity index (χ0n) is 12.2. The van der Waals surface area contributed by atoms with E-state index in [1.807, 2.05) is 0 Å². The normalized spacial score (nSPS) is 18.3. The molecule has 1 saturated heterocycles. The van der Waals surface area contributed by atoms with Crippen LogP contribution in [0.4, 0.5) is 5.69 Å². The standard InChI is InChI=1S/C14H19N3O4/c1-10-3-4-13(17(19)20)12(7-10)14(18)16(2)9-11-8-15-5-6-21-11/h3-4,7,11,15H,5-6,8-9H2,1-2H3. The molecule has 114 valence electrons. The zero-order chi connectivity index (χ0) is 15.4. The molecule has 0 bridgehead atoms. The number of morpholine rings is 1. The Bertz CT molecular complexity index is 541. The van der Waals surface area contributed by atoms with E-state index in [9.17, 15) is 14.9 Å². The van der Waals surface area contributed by atoms with Crippen molar-refractivity contribution in [2.45, 2.75) is 13.0 Å². The molecule has 7 nitrogen and oxygen atoms in total. The zero-order valence-corrected chi connectivity index (χ0v) is 12.2. The Labute approximate surface area is 123 Å². The van der Waals surface area contributed by atoms with Gasteiger partial charge in [0.05, 0.1) is 17.6 Å². The fourth-order valence-corrected chi connectivity index (χ4v) is 2.31. The summed E-state index contributed by atoms with van der Waals surface area (Å²) in [5.74, 6) is -0.362. The molecule has 0 saturated carbocycles. The number of likely N-dealkylation sites (N-methyl/N-ethyl adjacent to an activating group) is 1. The molecule has 7 heteroatoms. The van der Waals surface area contributed by atoms with Crippen LogP contribution < -0.4 is 5.32 Å². The van der Waals surface area contributed by atoms with Gasteiger partial charge in [0.2, 0.25) is 0 Å². The maximum absolute atomic E-state index is 12.4. The summed E-state index contributed by atoms with van der Waals surface area (Å²) in [6, 6.07) is 4.55. The summed E-state index contributed by atoms with van der Waals surface area (Å²) in [6.07, 6.45) is -0.0865. The van der Waals surface area contributed by atoms with Crippen molar-refractivity contribution in [1.29, 1.82) is 0 Å². The van der Waals surface area contributed by atoms with Gasteiger partial charge in [-0.25, -0.2) is 0 Å². The molecular weight excluding hydrogens is 274 g/mol. The molecule has 1 aromatic carbocycles. The van der Waals surface area contributed by atoms with E-state index in [1.165, 1.54) is 11.0 Å². The van der Waals surface area contributed by atoms with Crippen LogP contribution in [0.1, 0.15) is 15.9 Å². The molecule has 1 atom stereocenters. The second-order valence-electron chi connectivity index (χ2n) is 5.16. The lowest BCUT2D eigenvalue weighted by atomic mass is 10.1. The lowest BCUT2D eigenvalue weighted by Crippen LogP contribution is -2.45. The largest absolute Gasteiger partial charge is 0.374 e. The summed E-state index contributed by atoms with van der Waals surface area (Å²) in [4.78, 5) is 24.4. The van der Waals surface area contributed by atoms with E-state index in [2.05, 4.69) is 5.32 Å². The van der Waals surface area contributed by atoms with Gasteiger partial charge in [-0.15, -0.1) is 0 Å². The van der Waals surface area contributed by atoms with Crippen LogP contribution >= 0.6 is 0 Å². The van der Waals surface area contributed by atoms with Gasteiger partial charge in [-0.3, -0.25) is 14.9 Å². The Morgan fingerprint density at radius 3 is 2.95 bits per heavy atom. The number of amides is 1. The van der Waals surface area contributed by atoms with Crippen molar-refractivity contribution in [3.05, 3.63) is 39.4 Å². The number of carbonyl (C=O) groups excluding carboxylic acids is 1. The Kier molecular flexibility index (Phi) is 4.87. The van der Waals surface area contributed by atoms with E-state index in [-0.39, 0.29) is 23.3 Å². The first kappa shape index (κ1) is 15.4. The predicted molar refractivity (Wildman–Crippen MR) is 77.4 cm³/mol. The average molecular weight is 293 g/mol. The summed E-state index contributed by atoms with van der Waals surface area (Å²) in [5.41, 5.74) is 0.763.